The molecule has 1 saturated carbocycles. The van der Waals surface area contributed by atoms with E-state index < -0.39 is 5.41 Å². The van der Waals surface area contributed by atoms with Crippen LogP contribution in [0.2, 0.25) is 0 Å². The molecule has 0 bridgehead atoms. The molecule has 28 heavy (non-hydrogen) atoms. The lowest BCUT2D eigenvalue weighted by Gasteiger charge is -2.14. The van der Waals surface area contributed by atoms with Crippen molar-refractivity contribution >= 4 is 17.6 Å². The molecule has 4 nitrogen and oxygen atoms in total. The molecule has 0 aliphatic heterocycles. The van der Waals surface area contributed by atoms with E-state index in [1.807, 2.05) is 84.9 Å². The quantitative estimate of drug-likeness (QED) is 0.646. The smallest absolute Gasteiger partial charge is 0.317 e. The molecule has 1 N–H and O–H groups in total. The van der Waals surface area contributed by atoms with Crippen LogP contribution in [0.3, 0.4) is 0 Å². The fraction of sp³-hybridized carbons (Fsp3) is 0.167. The van der Waals surface area contributed by atoms with Crippen LogP contribution in [-0.2, 0) is 19.7 Å². The zero-order chi connectivity index (χ0) is 19.4. The van der Waals surface area contributed by atoms with Crippen molar-refractivity contribution in [2.45, 2.75) is 18.3 Å². The summed E-state index contributed by atoms with van der Waals surface area (Å²) in [5, 5.41) is 2.77. The summed E-state index contributed by atoms with van der Waals surface area (Å²) < 4.78 is 5.30. The molecule has 0 spiro atoms. The van der Waals surface area contributed by atoms with Gasteiger partial charge in [0.05, 0.1) is 5.41 Å². The van der Waals surface area contributed by atoms with E-state index in [-0.39, 0.29) is 18.5 Å². The van der Waals surface area contributed by atoms with Crippen molar-refractivity contribution in [1.82, 2.24) is 0 Å². The molecule has 4 heteroatoms. The Kier molecular flexibility index (Phi) is 4.94. The van der Waals surface area contributed by atoms with Crippen LogP contribution in [0, 0.1) is 0 Å². The number of anilines is 1. The summed E-state index contributed by atoms with van der Waals surface area (Å²) in [6.07, 6.45) is 1.52. The molecule has 3 aromatic rings. The summed E-state index contributed by atoms with van der Waals surface area (Å²) in [6.45, 7) is -0.284. The Labute approximate surface area is 164 Å². The maximum Gasteiger partial charge on any atom is 0.317 e. The third kappa shape index (κ3) is 3.81. The number of hydrogen-bond acceptors (Lipinski definition) is 3. The lowest BCUT2D eigenvalue weighted by molar-refractivity contribution is -0.150. The first kappa shape index (κ1) is 18.0. The van der Waals surface area contributed by atoms with Gasteiger partial charge in [-0.05, 0) is 41.7 Å². The molecular weight excluding hydrogens is 350 g/mol. The van der Waals surface area contributed by atoms with E-state index in [1.165, 1.54) is 0 Å². The van der Waals surface area contributed by atoms with Crippen LogP contribution in [0.5, 0.6) is 0 Å². The van der Waals surface area contributed by atoms with Gasteiger partial charge < -0.3 is 10.1 Å². The third-order valence-electron chi connectivity index (χ3n) is 5.08. The predicted molar refractivity (Wildman–Crippen MR) is 109 cm³/mol. The minimum absolute atomic E-state index is 0.284. The summed E-state index contributed by atoms with van der Waals surface area (Å²) in [5.74, 6) is -0.669. The van der Waals surface area contributed by atoms with Crippen molar-refractivity contribution in [2.24, 2.45) is 0 Å². The number of esters is 1. The van der Waals surface area contributed by atoms with Crippen LogP contribution in [0.4, 0.5) is 5.69 Å². The van der Waals surface area contributed by atoms with Gasteiger partial charge in [0, 0.05) is 5.69 Å². The summed E-state index contributed by atoms with van der Waals surface area (Å²) in [4.78, 5) is 24.7. The van der Waals surface area contributed by atoms with Gasteiger partial charge in [-0.25, -0.2) is 0 Å². The number of nitrogens with one attached hydrogen (secondary N) is 1. The maximum absolute atomic E-state index is 12.5. The van der Waals surface area contributed by atoms with Gasteiger partial charge in [0.15, 0.2) is 6.61 Å². The Morgan fingerprint density at radius 1 is 0.786 bits per heavy atom. The van der Waals surface area contributed by atoms with Crippen LogP contribution >= 0.6 is 0 Å². The van der Waals surface area contributed by atoms with Crippen molar-refractivity contribution in [3.8, 4) is 11.1 Å². The van der Waals surface area contributed by atoms with Crippen molar-refractivity contribution in [1.29, 1.82) is 0 Å². The van der Waals surface area contributed by atoms with Crippen molar-refractivity contribution < 1.29 is 14.3 Å². The Bertz CT molecular complexity index is 962. The van der Waals surface area contributed by atoms with Crippen LogP contribution in [0.1, 0.15) is 18.4 Å². The molecule has 1 fully saturated rings. The largest absolute Gasteiger partial charge is 0.455 e. The molecule has 0 heterocycles. The zero-order valence-corrected chi connectivity index (χ0v) is 15.4. The minimum atomic E-state index is -0.571. The van der Waals surface area contributed by atoms with Crippen LogP contribution in [0.15, 0.2) is 84.9 Å². The molecule has 0 saturated heterocycles. The first-order valence-electron chi connectivity index (χ1n) is 9.35. The number of benzene rings is 3. The van der Waals surface area contributed by atoms with Crippen molar-refractivity contribution in [3.63, 3.8) is 0 Å². The van der Waals surface area contributed by atoms with Crippen LogP contribution in [-0.4, -0.2) is 18.5 Å². The second-order valence-electron chi connectivity index (χ2n) is 7.02. The third-order valence-corrected chi connectivity index (χ3v) is 5.08. The van der Waals surface area contributed by atoms with Gasteiger partial charge in [-0.1, -0.05) is 72.8 Å². The monoisotopic (exact) mass is 371 g/mol. The van der Waals surface area contributed by atoms with E-state index in [2.05, 4.69) is 5.32 Å². The zero-order valence-electron chi connectivity index (χ0n) is 15.4. The molecule has 0 radical (unpaired) electrons. The lowest BCUT2D eigenvalue weighted by atomic mass is 9.96. The molecule has 1 aliphatic carbocycles. The normalized spacial score (nSPS) is 14.1. The number of carbonyl (C=O) groups is 2. The molecule has 0 aromatic heterocycles. The van der Waals surface area contributed by atoms with E-state index in [1.54, 1.807) is 0 Å². The topological polar surface area (TPSA) is 55.4 Å². The SMILES string of the molecule is O=C(COC(=O)C1(c2ccccc2)CC1)Nc1ccc(-c2ccccc2)cc1. The van der Waals surface area contributed by atoms with Crippen molar-refractivity contribution in [3.05, 3.63) is 90.5 Å². The summed E-state index contributed by atoms with van der Waals surface area (Å²) in [7, 11) is 0. The van der Waals surface area contributed by atoms with Gasteiger partial charge in [0.2, 0.25) is 0 Å². The Hall–Kier alpha value is -3.40. The van der Waals surface area contributed by atoms with E-state index in [9.17, 15) is 9.59 Å². The second-order valence-corrected chi connectivity index (χ2v) is 7.02. The minimum Gasteiger partial charge on any atom is -0.455 e. The van der Waals surface area contributed by atoms with Gasteiger partial charge in [-0.2, -0.15) is 0 Å². The number of carbonyl (C=O) groups excluding carboxylic acids is 2. The van der Waals surface area contributed by atoms with E-state index in [0.29, 0.717) is 5.69 Å². The maximum atomic E-state index is 12.5. The Morgan fingerprint density at radius 3 is 1.96 bits per heavy atom. The number of ether oxygens (including phenoxy) is 1. The van der Waals surface area contributed by atoms with Gasteiger partial charge in [0.1, 0.15) is 0 Å². The highest BCUT2D eigenvalue weighted by molar-refractivity contribution is 5.94. The van der Waals surface area contributed by atoms with Gasteiger partial charge >= 0.3 is 5.97 Å². The summed E-state index contributed by atoms with van der Waals surface area (Å²) >= 11 is 0. The highest BCUT2D eigenvalue weighted by atomic mass is 16.5. The Morgan fingerprint density at radius 2 is 1.36 bits per heavy atom. The molecule has 140 valence electrons. The average Bonchev–Trinajstić information content (AvgIpc) is 3.56. The molecule has 1 aliphatic rings. The molecule has 0 atom stereocenters. The summed E-state index contributed by atoms with van der Waals surface area (Å²) in [6, 6.07) is 27.2. The summed E-state index contributed by atoms with van der Waals surface area (Å²) in [5.41, 5.74) is 3.24. The number of hydrogen-bond donors (Lipinski definition) is 1. The molecule has 3 aromatic carbocycles. The highest BCUT2D eigenvalue weighted by Crippen LogP contribution is 2.49. The molecule has 0 unspecified atom stereocenters. The standard InChI is InChI=1S/C24H21NO3/c26-22(17-28-23(27)24(15-16-24)20-9-5-2-6-10-20)25-21-13-11-19(12-14-21)18-7-3-1-4-8-18/h1-14H,15-17H2,(H,25,26). The van der Waals surface area contributed by atoms with E-state index in [4.69, 9.17) is 4.74 Å². The second kappa shape index (κ2) is 7.69. The van der Waals surface area contributed by atoms with Crippen LogP contribution < -0.4 is 5.32 Å². The van der Waals surface area contributed by atoms with Crippen molar-refractivity contribution in [2.75, 3.05) is 11.9 Å². The predicted octanol–water partition coefficient (Wildman–Crippen LogP) is 4.57. The average molecular weight is 371 g/mol. The fourth-order valence-corrected chi connectivity index (χ4v) is 3.34. The fourth-order valence-electron chi connectivity index (χ4n) is 3.34. The first-order chi connectivity index (χ1) is 13.7. The molecule has 1 amide bonds. The highest BCUT2D eigenvalue weighted by Gasteiger charge is 2.52. The molecule has 4 rings (SSSR count). The molecular formula is C24H21NO3. The lowest BCUT2D eigenvalue weighted by Crippen LogP contribution is -2.28. The van der Waals surface area contributed by atoms with Gasteiger partial charge in [-0.3, -0.25) is 9.59 Å². The van der Waals surface area contributed by atoms with Gasteiger partial charge in [-0.15, -0.1) is 0 Å². The van der Waals surface area contributed by atoms with Crippen LogP contribution in [0.25, 0.3) is 11.1 Å². The van der Waals surface area contributed by atoms with E-state index in [0.717, 1.165) is 29.5 Å². The van der Waals surface area contributed by atoms with Gasteiger partial charge in [0.25, 0.3) is 5.91 Å². The Balaban J connectivity index is 1.32. The number of amides is 1. The van der Waals surface area contributed by atoms with E-state index >= 15 is 0 Å². The number of rotatable bonds is 6. The first-order valence-corrected chi connectivity index (χ1v) is 9.35.